The van der Waals surface area contributed by atoms with E-state index in [-0.39, 0.29) is 6.10 Å². The molecule has 1 aromatic heterocycles. The van der Waals surface area contributed by atoms with Crippen LogP contribution in [0.1, 0.15) is 11.7 Å². The Morgan fingerprint density at radius 3 is 2.96 bits per heavy atom. The molecule has 0 radical (unpaired) electrons. The lowest BCUT2D eigenvalue weighted by atomic mass is 10.1. The van der Waals surface area contributed by atoms with Gasteiger partial charge in [-0.1, -0.05) is 12.1 Å². The monoisotopic (exact) mass is 314 g/mol. The molecule has 0 N–H and O–H groups in total. The van der Waals surface area contributed by atoms with Crippen LogP contribution in [0.25, 0.3) is 0 Å². The van der Waals surface area contributed by atoms with E-state index in [0.29, 0.717) is 12.6 Å². The molecule has 6 heteroatoms. The summed E-state index contributed by atoms with van der Waals surface area (Å²) < 4.78 is 11.2. The number of nitrogens with zero attached hydrogens (tertiary/aromatic N) is 4. The van der Waals surface area contributed by atoms with Crippen molar-refractivity contribution < 1.29 is 9.47 Å². The zero-order chi connectivity index (χ0) is 16.2. The van der Waals surface area contributed by atoms with Crippen LogP contribution in [0.4, 0.5) is 11.8 Å². The second-order valence-corrected chi connectivity index (χ2v) is 5.69. The molecule has 0 amide bonds. The largest absolute Gasteiger partial charge is 0.497 e. The molecule has 122 valence electrons. The highest BCUT2D eigenvalue weighted by molar-refractivity contribution is 5.44. The zero-order valence-electron chi connectivity index (χ0n) is 13.8. The fourth-order valence-electron chi connectivity index (χ4n) is 2.63. The van der Waals surface area contributed by atoms with Gasteiger partial charge in [-0.05, 0) is 23.8 Å². The number of hydrogen-bond acceptors (Lipinski definition) is 6. The summed E-state index contributed by atoms with van der Waals surface area (Å²) in [5, 5.41) is 0. The number of hydrogen-bond donors (Lipinski definition) is 0. The first-order valence-corrected chi connectivity index (χ1v) is 7.68. The van der Waals surface area contributed by atoms with Gasteiger partial charge in [0.25, 0.3) is 0 Å². The molecule has 1 aliphatic heterocycles. The minimum absolute atomic E-state index is 0.0108. The Morgan fingerprint density at radius 2 is 2.17 bits per heavy atom. The Kier molecular flexibility index (Phi) is 4.62. The lowest BCUT2D eigenvalue weighted by Gasteiger charge is -2.34. The molecule has 1 fully saturated rings. The van der Waals surface area contributed by atoms with Crippen LogP contribution in [-0.2, 0) is 4.74 Å². The maximum absolute atomic E-state index is 5.94. The van der Waals surface area contributed by atoms with E-state index in [1.54, 1.807) is 13.3 Å². The summed E-state index contributed by atoms with van der Waals surface area (Å²) in [7, 11) is 5.56. The van der Waals surface area contributed by atoms with Crippen LogP contribution >= 0.6 is 0 Å². The van der Waals surface area contributed by atoms with Gasteiger partial charge in [0, 0.05) is 33.4 Å². The zero-order valence-corrected chi connectivity index (χ0v) is 13.8. The first-order valence-electron chi connectivity index (χ1n) is 7.68. The van der Waals surface area contributed by atoms with Gasteiger partial charge in [-0.3, -0.25) is 0 Å². The summed E-state index contributed by atoms with van der Waals surface area (Å²) in [5.74, 6) is 2.49. The highest BCUT2D eigenvalue weighted by atomic mass is 16.5. The van der Waals surface area contributed by atoms with Crippen molar-refractivity contribution in [1.29, 1.82) is 0 Å². The molecule has 0 spiro atoms. The van der Waals surface area contributed by atoms with Gasteiger partial charge in [-0.15, -0.1) is 0 Å². The molecule has 3 rings (SSSR count). The Hall–Kier alpha value is -2.34. The number of methoxy groups -OCH3 is 1. The molecule has 0 saturated carbocycles. The van der Waals surface area contributed by atoms with E-state index in [1.165, 1.54) is 0 Å². The normalized spacial score (nSPS) is 17.9. The number of ether oxygens (including phenoxy) is 2. The number of aromatic nitrogens is 2. The van der Waals surface area contributed by atoms with Crippen molar-refractivity contribution >= 4 is 11.8 Å². The van der Waals surface area contributed by atoms with Gasteiger partial charge in [0.05, 0.1) is 13.7 Å². The van der Waals surface area contributed by atoms with Crippen molar-refractivity contribution in [1.82, 2.24) is 9.97 Å². The number of rotatable bonds is 4. The Morgan fingerprint density at radius 1 is 1.30 bits per heavy atom. The lowest BCUT2D eigenvalue weighted by Crippen LogP contribution is -2.39. The van der Waals surface area contributed by atoms with Crippen LogP contribution in [0.15, 0.2) is 36.5 Å². The average Bonchev–Trinajstić information content (AvgIpc) is 2.62. The van der Waals surface area contributed by atoms with Crippen LogP contribution in [0.3, 0.4) is 0 Å². The summed E-state index contributed by atoms with van der Waals surface area (Å²) in [6, 6.07) is 9.98. The maximum Gasteiger partial charge on any atom is 0.226 e. The predicted octanol–water partition coefficient (Wildman–Crippen LogP) is 2.13. The van der Waals surface area contributed by atoms with Gasteiger partial charge in [-0.25, -0.2) is 4.98 Å². The molecule has 2 heterocycles. The van der Waals surface area contributed by atoms with Crippen molar-refractivity contribution in [2.24, 2.45) is 0 Å². The third-order valence-corrected chi connectivity index (χ3v) is 3.88. The first-order chi connectivity index (χ1) is 11.2. The van der Waals surface area contributed by atoms with Crippen LogP contribution in [-0.4, -0.2) is 50.9 Å². The molecular formula is C17H22N4O2. The molecule has 6 nitrogen and oxygen atoms in total. The van der Waals surface area contributed by atoms with Gasteiger partial charge in [0.1, 0.15) is 17.7 Å². The summed E-state index contributed by atoms with van der Waals surface area (Å²) in [6.45, 7) is 2.25. The van der Waals surface area contributed by atoms with Crippen LogP contribution < -0.4 is 14.5 Å². The summed E-state index contributed by atoms with van der Waals surface area (Å²) in [5.41, 5.74) is 1.12. The average molecular weight is 314 g/mol. The molecule has 1 unspecified atom stereocenters. The Bertz CT molecular complexity index is 663. The minimum Gasteiger partial charge on any atom is -0.497 e. The Labute approximate surface area is 136 Å². The minimum atomic E-state index is 0.0108. The van der Waals surface area contributed by atoms with E-state index >= 15 is 0 Å². The predicted molar refractivity (Wildman–Crippen MR) is 90.3 cm³/mol. The maximum atomic E-state index is 5.94. The molecule has 1 atom stereocenters. The van der Waals surface area contributed by atoms with Crippen molar-refractivity contribution in [3.8, 4) is 5.75 Å². The number of benzene rings is 1. The van der Waals surface area contributed by atoms with Gasteiger partial charge in [-0.2, -0.15) is 4.98 Å². The van der Waals surface area contributed by atoms with Crippen molar-refractivity contribution in [2.75, 3.05) is 50.7 Å². The standard InChI is InChI=1S/C17H22N4O2/c1-20(2)17-18-8-7-16(19-17)21-9-10-23-15(12-21)13-5-4-6-14(11-13)22-3/h4-8,11,15H,9-10,12H2,1-3H3. The molecular weight excluding hydrogens is 292 g/mol. The highest BCUT2D eigenvalue weighted by Crippen LogP contribution is 2.27. The molecule has 1 aromatic carbocycles. The molecule has 1 saturated heterocycles. The third kappa shape index (κ3) is 3.53. The summed E-state index contributed by atoms with van der Waals surface area (Å²) >= 11 is 0. The molecule has 0 bridgehead atoms. The molecule has 23 heavy (non-hydrogen) atoms. The fourth-order valence-corrected chi connectivity index (χ4v) is 2.63. The van der Waals surface area contributed by atoms with Gasteiger partial charge >= 0.3 is 0 Å². The summed E-state index contributed by atoms with van der Waals surface area (Å²) in [4.78, 5) is 13.0. The van der Waals surface area contributed by atoms with E-state index < -0.39 is 0 Å². The quantitative estimate of drug-likeness (QED) is 0.862. The van der Waals surface area contributed by atoms with Crippen LogP contribution in [0, 0.1) is 0 Å². The van der Waals surface area contributed by atoms with Crippen molar-refractivity contribution in [3.63, 3.8) is 0 Å². The topological polar surface area (TPSA) is 50.7 Å². The second kappa shape index (κ2) is 6.83. The first kappa shape index (κ1) is 15.6. The van der Waals surface area contributed by atoms with E-state index in [4.69, 9.17) is 9.47 Å². The fraction of sp³-hybridized carbons (Fsp3) is 0.412. The molecule has 0 aliphatic carbocycles. The van der Waals surface area contributed by atoms with Gasteiger partial charge < -0.3 is 19.3 Å². The van der Waals surface area contributed by atoms with Crippen LogP contribution in [0.5, 0.6) is 5.75 Å². The third-order valence-electron chi connectivity index (χ3n) is 3.88. The van der Waals surface area contributed by atoms with Gasteiger partial charge in [0.15, 0.2) is 0 Å². The number of morpholine rings is 1. The smallest absolute Gasteiger partial charge is 0.226 e. The number of anilines is 2. The van der Waals surface area contributed by atoms with E-state index in [1.807, 2.05) is 43.3 Å². The Balaban J connectivity index is 1.79. The van der Waals surface area contributed by atoms with Crippen molar-refractivity contribution in [2.45, 2.75) is 6.10 Å². The van der Waals surface area contributed by atoms with Crippen LogP contribution in [0.2, 0.25) is 0 Å². The lowest BCUT2D eigenvalue weighted by molar-refractivity contribution is 0.0394. The SMILES string of the molecule is COc1cccc(C2CN(c3ccnc(N(C)C)n3)CCO2)c1. The second-order valence-electron chi connectivity index (χ2n) is 5.69. The molecule has 1 aliphatic rings. The summed E-state index contributed by atoms with van der Waals surface area (Å²) in [6.07, 6.45) is 1.81. The highest BCUT2D eigenvalue weighted by Gasteiger charge is 2.23. The van der Waals surface area contributed by atoms with Crippen molar-refractivity contribution in [3.05, 3.63) is 42.1 Å². The van der Waals surface area contributed by atoms with E-state index in [9.17, 15) is 0 Å². The molecule has 2 aromatic rings. The van der Waals surface area contributed by atoms with Gasteiger partial charge in [0.2, 0.25) is 5.95 Å². The van der Waals surface area contributed by atoms with E-state index in [2.05, 4.69) is 20.9 Å². The van der Waals surface area contributed by atoms with E-state index in [0.717, 1.165) is 30.2 Å².